The van der Waals surface area contributed by atoms with Gasteiger partial charge in [0.25, 0.3) is 0 Å². The lowest BCUT2D eigenvalue weighted by molar-refractivity contribution is 0.620. The molecule has 0 heterocycles. The van der Waals surface area contributed by atoms with Crippen molar-refractivity contribution in [3.8, 4) is 0 Å². The van der Waals surface area contributed by atoms with Crippen LogP contribution in [-0.4, -0.2) is 0 Å². The molecule has 0 saturated heterocycles. The summed E-state index contributed by atoms with van der Waals surface area (Å²) in [4.78, 5) is 0. The Kier molecular flexibility index (Phi) is 1.92. The van der Waals surface area contributed by atoms with Gasteiger partial charge in [-0.2, -0.15) is 0 Å². The van der Waals surface area contributed by atoms with Crippen LogP contribution < -0.4 is 5.73 Å². The van der Waals surface area contributed by atoms with E-state index >= 15 is 0 Å². The number of rotatable bonds is 0. The van der Waals surface area contributed by atoms with Gasteiger partial charge in [0.1, 0.15) is 5.82 Å². The predicted octanol–water partition coefficient (Wildman–Crippen LogP) is 3.18. The van der Waals surface area contributed by atoms with Gasteiger partial charge in [-0.15, -0.1) is 0 Å². The minimum absolute atomic E-state index is 0.178. The van der Waals surface area contributed by atoms with Gasteiger partial charge in [0.05, 0.1) is 0 Å². The molecule has 0 radical (unpaired) electrons. The number of nitrogen functional groups attached to an aromatic ring is 1. The number of aryl methyl sites for hydroxylation is 2. The maximum Gasteiger partial charge on any atom is 0.126 e. The summed E-state index contributed by atoms with van der Waals surface area (Å²) >= 11 is 0. The summed E-state index contributed by atoms with van der Waals surface area (Å²) < 4.78 is 13.3. The molecule has 0 atom stereocenters. The second-order valence-electron chi connectivity index (χ2n) is 3.68. The Morgan fingerprint density at radius 1 is 1.07 bits per heavy atom. The van der Waals surface area contributed by atoms with Crippen LogP contribution in [0.5, 0.6) is 0 Å². The van der Waals surface area contributed by atoms with Gasteiger partial charge in [0.2, 0.25) is 0 Å². The first kappa shape index (κ1) is 9.00. The third kappa shape index (κ3) is 1.33. The molecule has 0 aromatic heterocycles. The average Bonchev–Trinajstić information content (AvgIpc) is 2.08. The van der Waals surface area contributed by atoms with Gasteiger partial charge in [-0.1, -0.05) is 6.07 Å². The summed E-state index contributed by atoms with van der Waals surface area (Å²) in [6.45, 7) is 3.70. The largest absolute Gasteiger partial charge is 0.398 e. The summed E-state index contributed by atoms with van der Waals surface area (Å²) in [6.07, 6.45) is 0. The smallest absolute Gasteiger partial charge is 0.126 e. The van der Waals surface area contributed by atoms with Gasteiger partial charge >= 0.3 is 0 Å². The molecule has 0 fully saturated rings. The van der Waals surface area contributed by atoms with Crippen molar-refractivity contribution in [1.29, 1.82) is 0 Å². The lowest BCUT2D eigenvalue weighted by Crippen LogP contribution is -1.91. The topological polar surface area (TPSA) is 26.0 Å². The molecule has 0 aliphatic heterocycles. The fourth-order valence-electron chi connectivity index (χ4n) is 1.68. The zero-order chi connectivity index (χ0) is 10.3. The highest BCUT2D eigenvalue weighted by Crippen LogP contribution is 2.25. The molecule has 2 heteroatoms. The Bertz CT molecular complexity index is 503. The molecule has 1 nitrogen and oxygen atoms in total. The van der Waals surface area contributed by atoms with E-state index in [0.29, 0.717) is 11.3 Å². The fraction of sp³-hybridized carbons (Fsp3) is 0.167. The van der Waals surface area contributed by atoms with Crippen LogP contribution in [0.15, 0.2) is 24.3 Å². The first-order valence-electron chi connectivity index (χ1n) is 4.54. The third-order valence-corrected chi connectivity index (χ3v) is 2.41. The fourth-order valence-corrected chi connectivity index (χ4v) is 1.68. The molecule has 0 bridgehead atoms. The summed E-state index contributed by atoms with van der Waals surface area (Å²) in [7, 11) is 0. The Hall–Kier alpha value is -1.57. The average molecular weight is 189 g/mol. The van der Waals surface area contributed by atoms with Crippen LogP contribution >= 0.6 is 0 Å². The molecule has 0 aliphatic rings. The molecule has 72 valence electrons. The molecule has 14 heavy (non-hydrogen) atoms. The van der Waals surface area contributed by atoms with Crippen molar-refractivity contribution in [3.63, 3.8) is 0 Å². The summed E-state index contributed by atoms with van der Waals surface area (Å²) in [5.41, 5.74) is 8.25. The van der Waals surface area contributed by atoms with Gasteiger partial charge in [-0.25, -0.2) is 4.39 Å². The van der Waals surface area contributed by atoms with Gasteiger partial charge < -0.3 is 5.73 Å². The Morgan fingerprint density at radius 3 is 2.50 bits per heavy atom. The van der Waals surface area contributed by atoms with Crippen molar-refractivity contribution in [1.82, 2.24) is 0 Å². The number of benzene rings is 2. The van der Waals surface area contributed by atoms with Crippen molar-refractivity contribution >= 4 is 16.5 Å². The van der Waals surface area contributed by atoms with Crippen LogP contribution in [0.1, 0.15) is 11.1 Å². The normalized spacial score (nSPS) is 10.8. The lowest BCUT2D eigenvalue weighted by atomic mass is 10.0. The van der Waals surface area contributed by atoms with Gasteiger partial charge in [-0.3, -0.25) is 0 Å². The summed E-state index contributed by atoms with van der Waals surface area (Å²) in [6, 6.07) is 7.17. The van der Waals surface area contributed by atoms with Crippen LogP contribution in [0.2, 0.25) is 0 Å². The van der Waals surface area contributed by atoms with Crippen LogP contribution in [0.4, 0.5) is 10.1 Å². The van der Waals surface area contributed by atoms with Crippen molar-refractivity contribution in [2.75, 3.05) is 5.73 Å². The maximum absolute atomic E-state index is 13.3. The monoisotopic (exact) mass is 189 g/mol. The molecule has 2 N–H and O–H groups in total. The van der Waals surface area contributed by atoms with Gasteiger partial charge in [0, 0.05) is 11.1 Å². The van der Waals surface area contributed by atoms with E-state index in [4.69, 9.17) is 5.73 Å². The van der Waals surface area contributed by atoms with E-state index in [1.165, 1.54) is 6.07 Å². The van der Waals surface area contributed by atoms with Crippen LogP contribution in [0, 0.1) is 19.7 Å². The van der Waals surface area contributed by atoms with Crippen LogP contribution in [-0.2, 0) is 0 Å². The SMILES string of the molecule is Cc1cc(N)c2cc(C)c(F)cc2c1. The number of fused-ring (bicyclic) bond motifs is 1. The zero-order valence-corrected chi connectivity index (χ0v) is 8.26. The highest BCUT2D eigenvalue weighted by molar-refractivity contribution is 5.94. The molecule has 0 unspecified atom stereocenters. The number of nitrogens with two attached hydrogens (primary N) is 1. The van der Waals surface area contributed by atoms with Crippen molar-refractivity contribution < 1.29 is 4.39 Å². The van der Waals surface area contributed by atoms with Gasteiger partial charge in [0.15, 0.2) is 0 Å². The van der Waals surface area contributed by atoms with E-state index in [0.717, 1.165) is 16.3 Å². The zero-order valence-electron chi connectivity index (χ0n) is 8.26. The van der Waals surface area contributed by atoms with E-state index in [9.17, 15) is 4.39 Å². The van der Waals surface area contributed by atoms with E-state index in [2.05, 4.69) is 0 Å². The quantitative estimate of drug-likeness (QED) is 0.633. The van der Waals surface area contributed by atoms with E-state index in [-0.39, 0.29) is 5.82 Å². The van der Waals surface area contributed by atoms with Crippen LogP contribution in [0.25, 0.3) is 10.8 Å². The number of halogens is 1. The number of hydrogen-bond acceptors (Lipinski definition) is 1. The van der Waals surface area contributed by atoms with Crippen molar-refractivity contribution in [2.45, 2.75) is 13.8 Å². The van der Waals surface area contributed by atoms with Crippen LogP contribution in [0.3, 0.4) is 0 Å². The molecule has 0 amide bonds. The van der Waals surface area contributed by atoms with E-state index in [1.807, 2.05) is 19.1 Å². The Morgan fingerprint density at radius 2 is 1.79 bits per heavy atom. The number of anilines is 1. The Labute approximate surface area is 82.3 Å². The molecular weight excluding hydrogens is 177 g/mol. The minimum Gasteiger partial charge on any atom is -0.398 e. The molecule has 0 aliphatic carbocycles. The van der Waals surface area contributed by atoms with Crippen molar-refractivity contribution in [3.05, 3.63) is 41.2 Å². The minimum atomic E-state index is -0.178. The predicted molar refractivity (Wildman–Crippen MR) is 57.8 cm³/mol. The van der Waals surface area contributed by atoms with Crippen molar-refractivity contribution in [2.24, 2.45) is 0 Å². The molecule has 2 aromatic rings. The molecule has 2 aromatic carbocycles. The Balaban J connectivity index is 2.89. The molecule has 0 saturated carbocycles. The molecule has 2 rings (SSSR count). The highest BCUT2D eigenvalue weighted by Gasteiger charge is 2.03. The second-order valence-corrected chi connectivity index (χ2v) is 3.68. The number of hydrogen-bond donors (Lipinski definition) is 1. The molecular formula is C12H12FN. The lowest BCUT2D eigenvalue weighted by Gasteiger charge is -2.06. The summed E-state index contributed by atoms with van der Waals surface area (Å²) in [5.74, 6) is -0.178. The van der Waals surface area contributed by atoms with E-state index < -0.39 is 0 Å². The summed E-state index contributed by atoms with van der Waals surface area (Å²) in [5, 5.41) is 1.79. The first-order valence-corrected chi connectivity index (χ1v) is 4.54. The molecule has 0 spiro atoms. The first-order chi connectivity index (χ1) is 6.58. The highest BCUT2D eigenvalue weighted by atomic mass is 19.1. The third-order valence-electron chi connectivity index (χ3n) is 2.41. The van der Waals surface area contributed by atoms with Gasteiger partial charge in [-0.05, 0) is 48.6 Å². The van der Waals surface area contributed by atoms with E-state index in [1.54, 1.807) is 13.0 Å². The standard InChI is InChI=1S/C12H12FN/c1-7-3-9-6-11(13)8(2)5-10(9)12(14)4-7/h3-6H,14H2,1-2H3. The second kappa shape index (κ2) is 2.98. The maximum atomic E-state index is 13.3.